The lowest BCUT2D eigenvalue weighted by Gasteiger charge is -2.15. The Morgan fingerprint density at radius 3 is 2.40 bits per heavy atom. The summed E-state index contributed by atoms with van der Waals surface area (Å²) >= 11 is 0. The molecule has 0 amide bonds. The van der Waals surface area contributed by atoms with E-state index in [1.54, 1.807) is 28.4 Å². The van der Waals surface area contributed by atoms with Crippen LogP contribution in [0.2, 0.25) is 0 Å². The lowest BCUT2D eigenvalue weighted by Crippen LogP contribution is -2.37. The smallest absolute Gasteiger partial charge is 0.203 e. The van der Waals surface area contributed by atoms with E-state index in [9.17, 15) is 0 Å². The van der Waals surface area contributed by atoms with Gasteiger partial charge in [-0.05, 0) is 29.8 Å². The largest absolute Gasteiger partial charge is 0.493 e. The van der Waals surface area contributed by atoms with Crippen LogP contribution in [0.5, 0.6) is 17.2 Å². The number of rotatable bonds is 8. The number of methoxy groups -OCH3 is 3. The first kappa shape index (κ1) is 23.6. The molecule has 0 spiro atoms. The van der Waals surface area contributed by atoms with Gasteiger partial charge in [0.1, 0.15) is 5.65 Å². The van der Waals surface area contributed by atoms with Gasteiger partial charge in [0, 0.05) is 39.0 Å². The molecule has 1 aromatic carbocycles. The molecule has 30 heavy (non-hydrogen) atoms. The number of guanidine groups is 1. The Morgan fingerprint density at radius 2 is 1.80 bits per heavy atom. The Hall–Kier alpha value is -2.69. The Kier molecular flexibility index (Phi) is 9.03. The molecule has 2 heterocycles. The van der Waals surface area contributed by atoms with Crippen LogP contribution in [0.25, 0.3) is 5.65 Å². The summed E-state index contributed by atoms with van der Waals surface area (Å²) in [5.41, 5.74) is 2.97. The monoisotopic (exact) mass is 525 g/mol. The van der Waals surface area contributed by atoms with Gasteiger partial charge < -0.3 is 29.2 Å². The van der Waals surface area contributed by atoms with Crippen molar-refractivity contribution in [1.29, 1.82) is 0 Å². The quantitative estimate of drug-likeness (QED) is 0.268. The summed E-state index contributed by atoms with van der Waals surface area (Å²) < 4.78 is 18.2. The fourth-order valence-corrected chi connectivity index (χ4v) is 3.06. The van der Waals surface area contributed by atoms with E-state index in [2.05, 4.69) is 20.6 Å². The Labute approximate surface area is 193 Å². The summed E-state index contributed by atoms with van der Waals surface area (Å²) in [5, 5.41) is 6.61. The van der Waals surface area contributed by atoms with Gasteiger partial charge >= 0.3 is 0 Å². The van der Waals surface area contributed by atoms with Crippen LogP contribution in [0.3, 0.4) is 0 Å². The van der Waals surface area contributed by atoms with Crippen LogP contribution in [0.4, 0.5) is 0 Å². The van der Waals surface area contributed by atoms with Crippen molar-refractivity contribution in [1.82, 2.24) is 20.0 Å². The zero-order valence-electron chi connectivity index (χ0n) is 17.6. The van der Waals surface area contributed by atoms with Crippen molar-refractivity contribution in [2.24, 2.45) is 4.99 Å². The van der Waals surface area contributed by atoms with Gasteiger partial charge in [0.25, 0.3) is 0 Å². The van der Waals surface area contributed by atoms with E-state index in [4.69, 9.17) is 14.2 Å². The minimum atomic E-state index is 0. The number of pyridine rings is 1. The maximum atomic E-state index is 5.40. The molecule has 0 bridgehead atoms. The average Bonchev–Trinajstić information content (AvgIpc) is 3.17. The van der Waals surface area contributed by atoms with Gasteiger partial charge in [-0.3, -0.25) is 4.99 Å². The van der Waals surface area contributed by atoms with Crippen LogP contribution in [0.15, 0.2) is 47.7 Å². The Morgan fingerprint density at radius 1 is 1.07 bits per heavy atom. The van der Waals surface area contributed by atoms with Gasteiger partial charge in [-0.1, -0.05) is 6.07 Å². The zero-order chi connectivity index (χ0) is 20.6. The molecule has 0 aliphatic rings. The van der Waals surface area contributed by atoms with Crippen LogP contribution in [-0.2, 0) is 13.0 Å². The van der Waals surface area contributed by atoms with Gasteiger partial charge in [0.2, 0.25) is 5.75 Å². The molecule has 3 rings (SSSR count). The summed E-state index contributed by atoms with van der Waals surface area (Å²) in [6, 6.07) is 9.80. The summed E-state index contributed by atoms with van der Waals surface area (Å²) in [5.74, 6) is 2.54. The number of aliphatic imine (C=N–C) groups is 1. The van der Waals surface area contributed by atoms with Gasteiger partial charge in [-0.15, -0.1) is 24.0 Å². The number of ether oxygens (including phenoxy) is 3. The third kappa shape index (κ3) is 5.68. The number of fused-ring (bicyclic) bond motifs is 1. The van der Waals surface area contributed by atoms with E-state index in [1.807, 2.05) is 47.1 Å². The van der Waals surface area contributed by atoms with Crippen molar-refractivity contribution in [2.75, 3.05) is 34.9 Å². The van der Waals surface area contributed by atoms with E-state index in [0.717, 1.165) is 29.9 Å². The van der Waals surface area contributed by atoms with E-state index in [-0.39, 0.29) is 24.0 Å². The van der Waals surface area contributed by atoms with Gasteiger partial charge in [-0.25, -0.2) is 4.98 Å². The van der Waals surface area contributed by atoms with Crippen molar-refractivity contribution < 1.29 is 14.2 Å². The number of nitrogens with one attached hydrogen (secondary N) is 2. The molecular weight excluding hydrogens is 497 g/mol. The molecule has 0 aliphatic heterocycles. The van der Waals surface area contributed by atoms with Gasteiger partial charge in [0.15, 0.2) is 17.5 Å². The number of benzene rings is 1. The number of halogens is 1. The van der Waals surface area contributed by atoms with Crippen LogP contribution < -0.4 is 24.8 Å². The van der Waals surface area contributed by atoms with Crippen molar-refractivity contribution in [3.8, 4) is 17.2 Å². The topological polar surface area (TPSA) is 81.4 Å². The van der Waals surface area contributed by atoms with Crippen molar-refractivity contribution in [3.05, 3.63) is 54.0 Å². The van der Waals surface area contributed by atoms with E-state index in [0.29, 0.717) is 29.8 Å². The summed E-state index contributed by atoms with van der Waals surface area (Å²) in [6.07, 6.45) is 4.84. The summed E-state index contributed by atoms with van der Waals surface area (Å²) in [4.78, 5) is 8.88. The normalized spacial score (nSPS) is 11.0. The highest BCUT2D eigenvalue weighted by atomic mass is 127. The van der Waals surface area contributed by atoms with E-state index in [1.165, 1.54) is 0 Å². The predicted molar refractivity (Wildman–Crippen MR) is 129 cm³/mol. The number of hydrogen-bond donors (Lipinski definition) is 2. The maximum Gasteiger partial charge on any atom is 0.203 e. The first-order valence-electron chi connectivity index (χ1n) is 9.34. The molecule has 0 fully saturated rings. The molecule has 0 radical (unpaired) electrons. The van der Waals surface area contributed by atoms with Crippen molar-refractivity contribution >= 4 is 35.6 Å². The number of nitrogens with zero attached hydrogens (tertiary/aromatic N) is 3. The second kappa shape index (κ2) is 11.5. The second-order valence-electron chi connectivity index (χ2n) is 6.33. The third-order valence-electron chi connectivity index (χ3n) is 4.50. The minimum Gasteiger partial charge on any atom is -0.493 e. The molecule has 3 aromatic rings. The molecule has 162 valence electrons. The highest BCUT2D eigenvalue weighted by molar-refractivity contribution is 14.0. The fourth-order valence-electron chi connectivity index (χ4n) is 3.06. The molecule has 9 heteroatoms. The molecule has 2 aromatic heterocycles. The average molecular weight is 525 g/mol. The highest BCUT2D eigenvalue weighted by Crippen LogP contribution is 2.38. The summed E-state index contributed by atoms with van der Waals surface area (Å²) in [7, 11) is 6.55. The zero-order valence-corrected chi connectivity index (χ0v) is 20.0. The van der Waals surface area contributed by atoms with Crippen molar-refractivity contribution in [3.63, 3.8) is 0 Å². The SMILES string of the molecule is CN=C(NCCc1cn2ccccc2n1)NCc1cc(OC)c(OC)c(OC)c1.I. The van der Waals surface area contributed by atoms with Crippen LogP contribution in [0.1, 0.15) is 11.3 Å². The fraction of sp³-hybridized carbons (Fsp3) is 0.333. The molecule has 0 atom stereocenters. The minimum absolute atomic E-state index is 0. The van der Waals surface area contributed by atoms with Crippen molar-refractivity contribution in [2.45, 2.75) is 13.0 Å². The maximum absolute atomic E-state index is 5.40. The highest BCUT2D eigenvalue weighted by Gasteiger charge is 2.13. The van der Waals surface area contributed by atoms with E-state index < -0.39 is 0 Å². The predicted octanol–water partition coefficient (Wildman–Crippen LogP) is 2.89. The molecule has 8 nitrogen and oxygen atoms in total. The van der Waals surface area contributed by atoms with Gasteiger partial charge in [-0.2, -0.15) is 0 Å². The van der Waals surface area contributed by atoms with Crippen LogP contribution in [0, 0.1) is 0 Å². The molecule has 0 saturated heterocycles. The number of hydrogen-bond acceptors (Lipinski definition) is 5. The molecule has 2 N–H and O–H groups in total. The molecule has 0 aliphatic carbocycles. The van der Waals surface area contributed by atoms with Gasteiger partial charge in [0.05, 0.1) is 27.0 Å². The standard InChI is InChI=1S/C21H27N5O3.HI/c1-22-21(23-9-8-16-14-26-10-6-5-7-19(26)25-16)24-13-15-11-17(27-2)20(29-4)18(12-15)28-3;/h5-7,10-12,14H,8-9,13H2,1-4H3,(H2,22,23,24);1H. The van der Waals surface area contributed by atoms with Crippen LogP contribution in [-0.4, -0.2) is 50.3 Å². The Bertz CT molecular complexity index is 932. The third-order valence-corrected chi connectivity index (χ3v) is 4.50. The number of aromatic nitrogens is 2. The van der Waals surface area contributed by atoms with Crippen LogP contribution >= 0.6 is 24.0 Å². The first-order valence-corrected chi connectivity index (χ1v) is 9.34. The Balaban J connectivity index is 0.00000320. The lowest BCUT2D eigenvalue weighted by molar-refractivity contribution is 0.323. The molecular formula is C21H28IN5O3. The molecule has 0 unspecified atom stereocenters. The number of imidazole rings is 1. The van der Waals surface area contributed by atoms with E-state index >= 15 is 0 Å². The summed E-state index contributed by atoms with van der Waals surface area (Å²) in [6.45, 7) is 1.28. The first-order chi connectivity index (χ1) is 14.2. The lowest BCUT2D eigenvalue weighted by atomic mass is 10.2. The second-order valence-corrected chi connectivity index (χ2v) is 6.33. The molecule has 0 saturated carbocycles.